The molecule has 0 radical (unpaired) electrons. The van der Waals surface area contributed by atoms with Gasteiger partial charge in [-0.2, -0.15) is 4.98 Å². The first-order valence-electron chi connectivity index (χ1n) is 9.07. The molecule has 0 amide bonds. The third-order valence-corrected chi connectivity index (χ3v) is 5.16. The van der Waals surface area contributed by atoms with Gasteiger partial charge < -0.3 is 14.8 Å². The maximum absolute atomic E-state index is 4.87. The third-order valence-electron chi connectivity index (χ3n) is 5.16. The van der Waals surface area contributed by atoms with Gasteiger partial charge in [0.2, 0.25) is 11.9 Å². The fraction of sp³-hybridized carbons (Fsp3) is 0.611. The van der Waals surface area contributed by atoms with Crippen LogP contribution in [0.3, 0.4) is 0 Å². The van der Waals surface area contributed by atoms with E-state index < -0.39 is 0 Å². The van der Waals surface area contributed by atoms with Crippen LogP contribution < -0.4 is 10.2 Å². The van der Waals surface area contributed by atoms with Crippen LogP contribution in [-0.2, 0) is 19.9 Å². The van der Waals surface area contributed by atoms with Crippen molar-refractivity contribution >= 4 is 17.7 Å². The van der Waals surface area contributed by atoms with E-state index in [0.717, 1.165) is 43.6 Å². The SMILES string of the molecule is CC(C)c1cnc(Nc2nc(N3CCCC3)nc3c2CCC3)n1C. The number of rotatable bonds is 4. The first kappa shape index (κ1) is 15.4. The van der Waals surface area contributed by atoms with E-state index in [-0.39, 0.29) is 0 Å². The molecule has 0 saturated carbocycles. The molecule has 1 aliphatic heterocycles. The number of hydrogen-bond donors (Lipinski definition) is 1. The van der Waals surface area contributed by atoms with Crippen LogP contribution in [-0.4, -0.2) is 32.6 Å². The zero-order chi connectivity index (χ0) is 16.7. The molecule has 1 N–H and O–H groups in total. The molecule has 2 aromatic heterocycles. The van der Waals surface area contributed by atoms with Crippen molar-refractivity contribution in [3.05, 3.63) is 23.1 Å². The lowest BCUT2D eigenvalue weighted by Gasteiger charge is -2.18. The summed E-state index contributed by atoms with van der Waals surface area (Å²) in [6.45, 7) is 6.51. The monoisotopic (exact) mass is 326 g/mol. The van der Waals surface area contributed by atoms with Crippen molar-refractivity contribution in [1.82, 2.24) is 19.5 Å². The van der Waals surface area contributed by atoms with Crippen molar-refractivity contribution in [2.45, 2.75) is 51.9 Å². The maximum Gasteiger partial charge on any atom is 0.227 e. The lowest BCUT2D eigenvalue weighted by Crippen LogP contribution is -2.22. The second kappa shape index (κ2) is 6.07. The maximum atomic E-state index is 4.87. The smallest absolute Gasteiger partial charge is 0.227 e. The fourth-order valence-corrected chi connectivity index (χ4v) is 3.76. The van der Waals surface area contributed by atoms with Gasteiger partial charge in [-0.15, -0.1) is 0 Å². The molecule has 1 aliphatic carbocycles. The average Bonchev–Trinajstić information content (AvgIpc) is 3.28. The third kappa shape index (κ3) is 2.64. The van der Waals surface area contributed by atoms with Crippen molar-refractivity contribution in [3.63, 3.8) is 0 Å². The Kier molecular flexibility index (Phi) is 3.90. The number of nitrogens with zero attached hydrogens (tertiary/aromatic N) is 5. The lowest BCUT2D eigenvalue weighted by molar-refractivity contribution is 0.745. The summed E-state index contributed by atoms with van der Waals surface area (Å²) in [4.78, 5) is 16.6. The second-order valence-corrected chi connectivity index (χ2v) is 7.19. The largest absolute Gasteiger partial charge is 0.341 e. The molecular weight excluding hydrogens is 300 g/mol. The van der Waals surface area contributed by atoms with Crippen molar-refractivity contribution in [1.29, 1.82) is 0 Å². The van der Waals surface area contributed by atoms with Crippen molar-refractivity contribution < 1.29 is 0 Å². The zero-order valence-corrected chi connectivity index (χ0v) is 14.8. The molecule has 128 valence electrons. The Hall–Kier alpha value is -2.11. The predicted molar refractivity (Wildman–Crippen MR) is 96.1 cm³/mol. The molecule has 0 atom stereocenters. The van der Waals surface area contributed by atoms with Crippen LogP contribution in [0.1, 0.15) is 56.0 Å². The Balaban J connectivity index is 1.69. The highest BCUT2D eigenvalue weighted by molar-refractivity contribution is 5.59. The van der Waals surface area contributed by atoms with Gasteiger partial charge in [-0.25, -0.2) is 9.97 Å². The first-order chi connectivity index (χ1) is 11.6. The van der Waals surface area contributed by atoms with Crippen molar-refractivity contribution in [2.24, 2.45) is 7.05 Å². The molecule has 24 heavy (non-hydrogen) atoms. The van der Waals surface area contributed by atoms with Gasteiger partial charge in [-0.3, -0.25) is 0 Å². The van der Waals surface area contributed by atoms with Crippen LogP contribution in [0.15, 0.2) is 6.20 Å². The van der Waals surface area contributed by atoms with E-state index >= 15 is 0 Å². The average molecular weight is 326 g/mol. The van der Waals surface area contributed by atoms with Crippen LogP contribution in [0.5, 0.6) is 0 Å². The molecule has 2 aliphatic rings. The molecule has 2 aromatic rings. The predicted octanol–water partition coefficient (Wildman–Crippen LogP) is 3.17. The van der Waals surface area contributed by atoms with Gasteiger partial charge in [-0.1, -0.05) is 13.8 Å². The molecule has 4 rings (SSSR count). The number of hydrogen-bond acceptors (Lipinski definition) is 5. The van der Waals surface area contributed by atoms with Gasteiger partial charge in [0.1, 0.15) is 5.82 Å². The van der Waals surface area contributed by atoms with Crippen LogP contribution in [0.2, 0.25) is 0 Å². The van der Waals surface area contributed by atoms with Gasteiger partial charge in [0.05, 0.1) is 11.9 Å². The zero-order valence-electron chi connectivity index (χ0n) is 14.8. The van der Waals surface area contributed by atoms with E-state index in [9.17, 15) is 0 Å². The molecule has 0 unspecified atom stereocenters. The highest BCUT2D eigenvalue weighted by atomic mass is 15.3. The summed E-state index contributed by atoms with van der Waals surface area (Å²) < 4.78 is 2.13. The number of anilines is 3. The molecule has 0 spiro atoms. The molecule has 0 bridgehead atoms. The summed E-state index contributed by atoms with van der Waals surface area (Å²) in [5, 5.41) is 3.49. The summed E-state index contributed by atoms with van der Waals surface area (Å²) >= 11 is 0. The highest BCUT2D eigenvalue weighted by Crippen LogP contribution is 2.31. The Morgan fingerprint density at radius 3 is 2.58 bits per heavy atom. The second-order valence-electron chi connectivity index (χ2n) is 7.19. The van der Waals surface area contributed by atoms with E-state index in [1.807, 2.05) is 6.20 Å². The van der Waals surface area contributed by atoms with E-state index in [0.29, 0.717) is 5.92 Å². The Morgan fingerprint density at radius 2 is 1.88 bits per heavy atom. The van der Waals surface area contributed by atoms with Gasteiger partial charge in [0, 0.05) is 31.4 Å². The van der Waals surface area contributed by atoms with Crippen molar-refractivity contribution in [3.8, 4) is 0 Å². The highest BCUT2D eigenvalue weighted by Gasteiger charge is 2.24. The number of aryl methyl sites for hydroxylation is 1. The minimum atomic E-state index is 0.453. The summed E-state index contributed by atoms with van der Waals surface area (Å²) in [6.07, 6.45) is 7.71. The fourth-order valence-electron chi connectivity index (χ4n) is 3.76. The van der Waals surface area contributed by atoms with E-state index in [1.165, 1.54) is 36.2 Å². The first-order valence-corrected chi connectivity index (χ1v) is 9.07. The van der Waals surface area contributed by atoms with Crippen LogP contribution in [0.4, 0.5) is 17.7 Å². The number of fused-ring (bicyclic) bond motifs is 1. The van der Waals surface area contributed by atoms with Crippen LogP contribution >= 0.6 is 0 Å². The van der Waals surface area contributed by atoms with Crippen LogP contribution in [0, 0.1) is 0 Å². The molecule has 6 nitrogen and oxygen atoms in total. The minimum absolute atomic E-state index is 0.453. The molecule has 0 aromatic carbocycles. The molecule has 1 saturated heterocycles. The van der Waals surface area contributed by atoms with E-state index in [4.69, 9.17) is 9.97 Å². The normalized spacial score (nSPS) is 16.9. The minimum Gasteiger partial charge on any atom is -0.341 e. The van der Waals surface area contributed by atoms with Gasteiger partial charge >= 0.3 is 0 Å². The Labute approximate surface area is 143 Å². The summed E-state index contributed by atoms with van der Waals surface area (Å²) in [5.74, 6) is 3.14. The summed E-state index contributed by atoms with van der Waals surface area (Å²) in [7, 11) is 2.06. The number of aromatic nitrogens is 4. The molecular formula is C18H26N6. The van der Waals surface area contributed by atoms with E-state index in [1.54, 1.807) is 0 Å². The topological polar surface area (TPSA) is 58.9 Å². The van der Waals surface area contributed by atoms with Crippen LogP contribution in [0.25, 0.3) is 0 Å². The standard InChI is InChI=1S/C18H26N6/c1-12(2)15-11-19-17(23(15)3)21-16-13-7-6-8-14(13)20-18(22-16)24-9-4-5-10-24/h11-12H,4-10H2,1-3H3,(H,19,20,21,22). The molecule has 3 heterocycles. The Bertz CT molecular complexity index is 742. The van der Waals surface area contributed by atoms with Crippen molar-refractivity contribution in [2.75, 3.05) is 23.3 Å². The number of nitrogens with one attached hydrogen (secondary N) is 1. The van der Waals surface area contributed by atoms with Gasteiger partial charge in [-0.05, 0) is 38.0 Å². The quantitative estimate of drug-likeness (QED) is 0.935. The number of imidazole rings is 1. The van der Waals surface area contributed by atoms with Gasteiger partial charge in [0.15, 0.2) is 0 Å². The molecule has 1 fully saturated rings. The summed E-state index contributed by atoms with van der Waals surface area (Å²) in [5.41, 5.74) is 3.71. The Morgan fingerprint density at radius 1 is 1.08 bits per heavy atom. The lowest BCUT2D eigenvalue weighted by atomic mass is 10.1. The molecule has 6 heteroatoms. The summed E-state index contributed by atoms with van der Waals surface area (Å²) in [6, 6.07) is 0. The van der Waals surface area contributed by atoms with E-state index in [2.05, 4.69) is 40.7 Å². The van der Waals surface area contributed by atoms with Gasteiger partial charge in [0.25, 0.3) is 0 Å².